The fourth-order valence-corrected chi connectivity index (χ4v) is 4.67. The maximum absolute atomic E-state index is 12.9. The topological polar surface area (TPSA) is 108 Å². The molecule has 2 aliphatic heterocycles. The second-order valence-electron chi connectivity index (χ2n) is 9.02. The molecule has 2 fully saturated rings. The zero-order chi connectivity index (χ0) is 25.2. The first kappa shape index (κ1) is 22.7. The second-order valence-corrected chi connectivity index (χ2v) is 9.02. The lowest BCUT2D eigenvalue weighted by Gasteiger charge is -2.18. The summed E-state index contributed by atoms with van der Waals surface area (Å²) < 4.78 is 5.00. The van der Waals surface area contributed by atoms with Crippen LogP contribution in [0.4, 0.5) is 27.7 Å². The molecule has 0 aliphatic carbocycles. The first-order valence-electron chi connectivity index (χ1n) is 12.2. The van der Waals surface area contributed by atoms with E-state index in [1.807, 2.05) is 47.4 Å². The van der Waals surface area contributed by atoms with Crippen LogP contribution in [0.15, 0.2) is 78.1 Å². The van der Waals surface area contributed by atoms with Gasteiger partial charge in [-0.25, -0.2) is 14.8 Å². The lowest BCUT2D eigenvalue weighted by molar-refractivity contribution is -0.117. The molecule has 3 aromatic heterocycles. The summed E-state index contributed by atoms with van der Waals surface area (Å²) >= 11 is 0. The fourth-order valence-electron chi connectivity index (χ4n) is 4.67. The normalized spacial score (nSPS) is 15.6. The molecule has 3 amide bonds. The smallest absolute Gasteiger partial charge is 0.325 e. The first-order chi connectivity index (χ1) is 18.1. The minimum atomic E-state index is -0.0930. The average molecular weight is 496 g/mol. The Morgan fingerprint density at radius 2 is 1.73 bits per heavy atom. The molecule has 10 nitrogen and oxygen atoms in total. The van der Waals surface area contributed by atoms with Gasteiger partial charge in [0.25, 0.3) is 0 Å². The van der Waals surface area contributed by atoms with E-state index in [1.165, 1.54) is 6.39 Å². The number of rotatable bonds is 7. The summed E-state index contributed by atoms with van der Waals surface area (Å²) in [7, 11) is 0. The Morgan fingerprint density at radius 3 is 2.46 bits per heavy atom. The van der Waals surface area contributed by atoms with Crippen molar-refractivity contribution in [2.75, 3.05) is 34.8 Å². The molecule has 6 rings (SSSR count). The van der Waals surface area contributed by atoms with Crippen molar-refractivity contribution in [2.24, 2.45) is 0 Å². The first-order valence-corrected chi connectivity index (χ1v) is 12.2. The number of benzene rings is 1. The van der Waals surface area contributed by atoms with Crippen LogP contribution < -0.4 is 15.1 Å². The van der Waals surface area contributed by atoms with Gasteiger partial charge in [0.2, 0.25) is 5.91 Å². The van der Waals surface area contributed by atoms with Crippen LogP contribution in [-0.2, 0) is 11.3 Å². The van der Waals surface area contributed by atoms with Crippen LogP contribution in [0.2, 0.25) is 0 Å². The van der Waals surface area contributed by atoms with Crippen molar-refractivity contribution < 1.29 is 14.0 Å². The molecule has 10 heteroatoms. The molecule has 5 heterocycles. The monoisotopic (exact) mass is 495 g/mol. The molecule has 2 saturated heterocycles. The molecule has 0 saturated carbocycles. The van der Waals surface area contributed by atoms with Gasteiger partial charge in [-0.2, -0.15) is 0 Å². The van der Waals surface area contributed by atoms with E-state index in [2.05, 4.69) is 20.3 Å². The van der Waals surface area contributed by atoms with Crippen LogP contribution in [-0.4, -0.2) is 51.4 Å². The molecule has 4 aromatic rings. The number of pyridine rings is 2. The molecule has 37 heavy (non-hydrogen) atoms. The lowest BCUT2D eigenvalue weighted by atomic mass is 10.1. The summed E-state index contributed by atoms with van der Waals surface area (Å²) in [6, 6.07) is 13.7. The van der Waals surface area contributed by atoms with Crippen molar-refractivity contribution in [1.82, 2.24) is 19.9 Å². The number of oxazole rings is 1. The van der Waals surface area contributed by atoms with Gasteiger partial charge in [-0.3, -0.25) is 14.7 Å². The molecule has 0 radical (unpaired) electrons. The highest BCUT2D eigenvalue weighted by Crippen LogP contribution is 2.28. The maximum atomic E-state index is 12.9. The molecule has 186 valence electrons. The molecular formula is C27H25N7O3. The van der Waals surface area contributed by atoms with Crippen LogP contribution in [0.1, 0.15) is 18.5 Å². The molecule has 0 bridgehead atoms. The molecule has 1 aromatic carbocycles. The Morgan fingerprint density at radius 1 is 0.865 bits per heavy atom. The number of nitrogens with zero attached hydrogens (tertiary/aromatic N) is 6. The third-order valence-corrected chi connectivity index (χ3v) is 6.59. The Labute approximate surface area is 213 Å². The summed E-state index contributed by atoms with van der Waals surface area (Å²) in [5.74, 6) is 0.851. The highest BCUT2D eigenvalue weighted by Gasteiger charge is 2.30. The van der Waals surface area contributed by atoms with E-state index in [0.29, 0.717) is 37.6 Å². The Hall–Kier alpha value is -4.73. The quantitative estimate of drug-likeness (QED) is 0.404. The van der Waals surface area contributed by atoms with Crippen molar-refractivity contribution in [2.45, 2.75) is 19.4 Å². The van der Waals surface area contributed by atoms with Crippen LogP contribution in [0.25, 0.3) is 11.1 Å². The zero-order valence-electron chi connectivity index (χ0n) is 20.1. The standard InChI is InChI=1S/C27H25N7O3/c35-26-2-1-9-33(26)23-6-3-19(4-7-23)20-5-8-25(29-13-20)31-21-12-24(15-28-14-21)34-11-10-32(27(34)36)16-22-17-37-18-30-22/h3-8,12-15,17-18H,1-2,9-11,16H2,(H,29,31). The predicted octanol–water partition coefficient (Wildman–Crippen LogP) is 4.44. The van der Waals surface area contributed by atoms with Crippen molar-refractivity contribution >= 4 is 34.8 Å². The molecule has 0 spiro atoms. The average Bonchev–Trinajstić information content (AvgIpc) is 3.68. The summed E-state index contributed by atoms with van der Waals surface area (Å²) in [5, 5.41) is 3.27. The van der Waals surface area contributed by atoms with Gasteiger partial charge < -0.3 is 19.5 Å². The predicted molar refractivity (Wildman–Crippen MR) is 138 cm³/mol. The van der Waals surface area contributed by atoms with Crippen LogP contribution in [0.5, 0.6) is 0 Å². The largest absolute Gasteiger partial charge is 0.451 e. The number of anilines is 4. The number of urea groups is 1. The fraction of sp³-hybridized carbons (Fsp3) is 0.222. The van der Waals surface area contributed by atoms with Crippen molar-refractivity contribution in [3.8, 4) is 11.1 Å². The van der Waals surface area contributed by atoms with Crippen LogP contribution in [0, 0.1) is 0 Å². The van der Waals surface area contributed by atoms with E-state index in [-0.39, 0.29) is 11.9 Å². The van der Waals surface area contributed by atoms with Gasteiger partial charge >= 0.3 is 6.03 Å². The van der Waals surface area contributed by atoms with Gasteiger partial charge in [0.05, 0.1) is 36.0 Å². The molecule has 2 aliphatic rings. The van der Waals surface area contributed by atoms with Gasteiger partial charge in [0, 0.05) is 43.5 Å². The van der Waals surface area contributed by atoms with Gasteiger partial charge in [-0.1, -0.05) is 12.1 Å². The van der Waals surface area contributed by atoms with E-state index >= 15 is 0 Å². The minimum absolute atomic E-state index is 0.0930. The molecule has 1 N–H and O–H groups in total. The number of carbonyl (C=O) groups excluding carboxylic acids is 2. The maximum Gasteiger partial charge on any atom is 0.325 e. The zero-order valence-corrected chi connectivity index (χ0v) is 20.1. The highest BCUT2D eigenvalue weighted by atomic mass is 16.3. The van der Waals surface area contributed by atoms with Gasteiger partial charge in [0.15, 0.2) is 6.39 Å². The SMILES string of the molecule is O=C1CCCN1c1ccc(-c2ccc(Nc3cncc(N4CCN(Cc5cocn5)C4=O)c3)nc2)cc1. The summed E-state index contributed by atoms with van der Waals surface area (Å²) in [5.41, 5.74) is 5.11. The lowest BCUT2D eigenvalue weighted by Crippen LogP contribution is -2.31. The number of hydrogen-bond donors (Lipinski definition) is 1. The van der Waals surface area contributed by atoms with E-state index in [4.69, 9.17) is 4.42 Å². The molecule has 0 atom stereocenters. The third kappa shape index (κ3) is 4.73. The summed E-state index contributed by atoms with van der Waals surface area (Å²) in [4.78, 5) is 43.1. The minimum Gasteiger partial charge on any atom is -0.451 e. The van der Waals surface area contributed by atoms with E-state index in [1.54, 1.807) is 34.7 Å². The van der Waals surface area contributed by atoms with Gasteiger partial charge in [-0.05, 0) is 42.3 Å². The molecular weight excluding hydrogens is 470 g/mol. The third-order valence-electron chi connectivity index (χ3n) is 6.59. The highest BCUT2D eigenvalue weighted by molar-refractivity contribution is 5.95. The van der Waals surface area contributed by atoms with Crippen molar-refractivity contribution in [3.63, 3.8) is 0 Å². The van der Waals surface area contributed by atoms with E-state index in [0.717, 1.165) is 41.2 Å². The Bertz CT molecular complexity index is 1400. The Kier molecular flexibility index (Phi) is 5.97. The molecule has 0 unspecified atom stereocenters. The number of hydrogen-bond acceptors (Lipinski definition) is 7. The number of amides is 3. The summed E-state index contributed by atoms with van der Waals surface area (Å²) in [6.45, 7) is 2.36. The Balaban J connectivity index is 1.11. The summed E-state index contributed by atoms with van der Waals surface area (Å²) in [6.07, 6.45) is 9.63. The number of nitrogens with one attached hydrogen (secondary N) is 1. The van der Waals surface area contributed by atoms with Gasteiger partial charge in [-0.15, -0.1) is 0 Å². The second kappa shape index (κ2) is 9.73. The van der Waals surface area contributed by atoms with Crippen molar-refractivity contribution in [3.05, 3.63) is 79.4 Å². The van der Waals surface area contributed by atoms with Crippen LogP contribution in [0.3, 0.4) is 0 Å². The van der Waals surface area contributed by atoms with Crippen LogP contribution >= 0.6 is 0 Å². The number of carbonyl (C=O) groups is 2. The number of aromatic nitrogens is 3. The van der Waals surface area contributed by atoms with E-state index in [9.17, 15) is 9.59 Å². The van der Waals surface area contributed by atoms with Crippen molar-refractivity contribution in [1.29, 1.82) is 0 Å². The van der Waals surface area contributed by atoms with E-state index < -0.39 is 0 Å². The van der Waals surface area contributed by atoms with Gasteiger partial charge in [0.1, 0.15) is 12.1 Å².